The van der Waals surface area contributed by atoms with E-state index < -0.39 is 0 Å². The molecular formula is C16H32N2O. The topological polar surface area (TPSA) is 32.3 Å². The highest BCUT2D eigenvalue weighted by Crippen LogP contribution is 2.15. The van der Waals surface area contributed by atoms with Gasteiger partial charge in [-0.1, -0.05) is 27.7 Å². The molecular weight excluding hydrogens is 236 g/mol. The molecule has 112 valence electrons. The van der Waals surface area contributed by atoms with Crippen molar-refractivity contribution < 1.29 is 4.79 Å². The smallest absolute Gasteiger partial charge is 0.225 e. The lowest BCUT2D eigenvalue weighted by Crippen LogP contribution is -2.48. The third-order valence-electron chi connectivity index (χ3n) is 4.00. The van der Waals surface area contributed by atoms with Crippen LogP contribution in [-0.4, -0.2) is 36.0 Å². The normalized spacial score (nSPS) is 19.2. The number of likely N-dealkylation sites (tertiary alicyclic amines) is 1. The lowest BCUT2D eigenvalue weighted by Gasteiger charge is -2.35. The van der Waals surface area contributed by atoms with Gasteiger partial charge in [-0.3, -0.25) is 4.79 Å². The molecule has 0 radical (unpaired) electrons. The Labute approximate surface area is 119 Å². The largest absolute Gasteiger partial charge is 0.342 e. The number of amides is 1. The molecule has 0 aromatic carbocycles. The molecule has 1 saturated heterocycles. The Bertz CT molecular complexity index is 268. The minimum Gasteiger partial charge on any atom is -0.342 e. The summed E-state index contributed by atoms with van der Waals surface area (Å²) in [5.41, 5.74) is 0. The van der Waals surface area contributed by atoms with Crippen molar-refractivity contribution in [3.8, 4) is 0 Å². The summed E-state index contributed by atoms with van der Waals surface area (Å²) in [6.07, 6.45) is 4.75. The van der Waals surface area contributed by atoms with Crippen molar-refractivity contribution in [2.45, 2.75) is 72.4 Å². The van der Waals surface area contributed by atoms with Gasteiger partial charge in [0, 0.05) is 31.1 Å². The predicted molar refractivity (Wildman–Crippen MR) is 81.1 cm³/mol. The average Bonchev–Trinajstić information content (AvgIpc) is 2.36. The number of hydrogen-bond acceptors (Lipinski definition) is 2. The van der Waals surface area contributed by atoms with E-state index in [0.717, 1.165) is 31.8 Å². The maximum atomic E-state index is 11.9. The van der Waals surface area contributed by atoms with Crippen molar-refractivity contribution in [1.29, 1.82) is 0 Å². The van der Waals surface area contributed by atoms with Crippen molar-refractivity contribution in [1.82, 2.24) is 10.2 Å². The number of rotatable bonds is 6. The fourth-order valence-corrected chi connectivity index (χ4v) is 2.70. The second-order valence-corrected chi connectivity index (χ2v) is 6.79. The minimum absolute atomic E-state index is 0.134. The summed E-state index contributed by atoms with van der Waals surface area (Å²) < 4.78 is 0. The van der Waals surface area contributed by atoms with Crippen LogP contribution in [0.15, 0.2) is 0 Å². The first-order valence-corrected chi connectivity index (χ1v) is 7.95. The number of nitrogens with zero attached hydrogens (tertiary/aromatic N) is 1. The fourth-order valence-electron chi connectivity index (χ4n) is 2.70. The van der Waals surface area contributed by atoms with Crippen LogP contribution in [0.5, 0.6) is 0 Å². The maximum Gasteiger partial charge on any atom is 0.225 e. The molecule has 1 fully saturated rings. The number of piperidine rings is 1. The van der Waals surface area contributed by atoms with Gasteiger partial charge in [-0.25, -0.2) is 0 Å². The van der Waals surface area contributed by atoms with E-state index in [2.05, 4.69) is 26.1 Å². The molecule has 1 amide bonds. The summed E-state index contributed by atoms with van der Waals surface area (Å²) in [4.78, 5) is 13.9. The molecule has 0 aromatic heterocycles. The minimum atomic E-state index is 0.134. The van der Waals surface area contributed by atoms with E-state index in [0.29, 0.717) is 18.0 Å². The first kappa shape index (κ1) is 16.5. The lowest BCUT2D eigenvalue weighted by atomic mass is 10.00. The van der Waals surface area contributed by atoms with Gasteiger partial charge in [-0.05, 0) is 38.5 Å². The number of carbonyl (C=O) groups is 1. The quantitative estimate of drug-likeness (QED) is 0.803. The van der Waals surface area contributed by atoms with Crippen LogP contribution in [0.1, 0.15) is 60.3 Å². The van der Waals surface area contributed by atoms with Crippen molar-refractivity contribution in [3.63, 3.8) is 0 Å². The zero-order chi connectivity index (χ0) is 14.4. The van der Waals surface area contributed by atoms with Crippen LogP contribution < -0.4 is 5.32 Å². The van der Waals surface area contributed by atoms with Crippen LogP contribution in [0, 0.1) is 11.8 Å². The average molecular weight is 268 g/mol. The Morgan fingerprint density at radius 2 is 1.68 bits per heavy atom. The van der Waals surface area contributed by atoms with E-state index in [1.807, 2.05) is 18.7 Å². The molecule has 0 aliphatic carbocycles. The number of carbonyl (C=O) groups excluding carboxylic acids is 1. The summed E-state index contributed by atoms with van der Waals surface area (Å²) in [7, 11) is 0. The maximum absolute atomic E-state index is 11.9. The molecule has 1 heterocycles. The molecule has 0 aromatic rings. The summed E-state index contributed by atoms with van der Waals surface area (Å²) in [6, 6.07) is 1.19. The highest BCUT2D eigenvalue weighted by atomic mass is 16.2. The highest BCUT2D eigenvalue weighted by molar-refractivity contribution is 5.78. The molecule has 1 N–H and O–H groups in total. The van der Waals surface area contributed by atoms with Crippen molar-refractivity contribution in [3.05, 3.63) is 0 Å². The van der Waals surface area contributed by atoms with Crippen LogP contribution in [0.25, 0.3) is 0 Å². The molecule has 1 atom stereocenters. The number of nitrogens with one attached hydrogen (secondary N) is 1. The zero-order valence-electron chi connectivity index (χ0n) is 13.4. The molecule has 1 rings (SSSR count). The van der Waals surface area contributed by atoms with Crippen LogP contribution >= 0.6 is 0 Å². The van der Waals surface area contributed by atoms with E-state index in [4.69, 9.17) is 0 Å². The summed E-state index contributed by atoms with van der Waals surface area (Å²) in [5.74, 6) is 1.23. The molecule has 1 aliphatic heterocycles. The Hall–Kier alpha value is -0.570. The van der Waals surface area contributed by atoms with E-state index in [1.54, 1.807) is 0 Å². The Morgan fingerprint density at radius 1 is 1.11 bits per heavy atom. The molecule has 3 heteroatoms. The van der Waals surface area contributed by atoms with Crippen molar-refractivity contribution in [2.75, 3.05) is 13.1 Å². The second kappa shape index (κ2) is 7.88. The van der Waals surface area contributed by atoms with E-state index in [-0.39, 0.29) is 5.92 Å². The van der Waals surface area contributed by atoms with Crippen LogP contribution in [0.4, 0.5) is 0 Å². The lowest BCUT2D eigenvalue weighted by molar-refractivity contribution is -0.135. The molecule has 1 aliphatic rings. The molecule has 0 spiro atoms. The Balaban J connectivity index is 2.24. The third-order valence-corrected chi connectivity index (χ3v) is 4.00. The predicted octanol–water partition coefficient (Wildman–Crippen LogP) is 3.05. The van der Waals surface area contributed by atoms with Gasteiger partial charge in [-0.2, -0.15) is 0 Å². The molecule has 0 saturated carbocycles. The summed E-state index contributed by atoms with van der Waals surface area (Å²) >= 11 is 0. The van der Waals surface area contributed by atoms with Crippen LogP contribution in [-0.2, 0) is 4.79 Å². The van der Waals surface area contributed by atoms with Crippen LogP contribution in [0.2, 0.25) is 0 Å². The highest BCUT2D eigenvalue weighted by Gasteiger charge is 2.24. The van der Waals surface area contributed by atoms with Gasteiger partial charge >= 0.3 is 0 Å². The summed E-state index contributed by atoms with van der Waals surface area (Å²) in [6.45, 7) is 12.7. The number of hydrogen-bond donors (Lipinski definition) is 1. The Morgan fingerprint density at radius 3 is 2.16 bits per heavy atom. The van der Waals surface area contributed by atoms with Gasteiger partial charge in [0.2, 0.25) is 5.91 Å². The van der Waals surface area contributed by atoms with E-state index in [1.165, 1.54) is 12.8 Å². The standard InChI is InChI=1S/C16H32N2O/c1-12(2)6-7-14(5)17-15-8-10-18(11-9-15)16(19)13(3)4/h12-15,17H,6-11H2,1-5H3. The first-order valence-electron chi connectivity index (χ1n) is 7.95. The van der Waals surface area contributed by atoms with E-state index in [9.17, 15) is 4.79 Å². The van der Waals surface area contributed by atoms with Crippen molar-refractivity contribution >= 4 is 5.91 Å². The van der Waals surface area contributed by atoms with Gasteiger partial charge in [0.1, 0.15) is 0 Å². The summed E-state index contributed by atoms with van der Waals surface area (Å²) in [5, 5.41) is 3.72. The fraction of sp³-hybridized carbons (Fsp3) is 0.938. The van der Waals surface area contributed by atoms with E-state index >= 15 is 0 Å². The zero-order valence-corrected chi connectivity index (χ0v) is 13.4. The molecule has 1 unspecified atom stereocenters. The Kier molecular flexibility index (Phi) is 6.84. The van der Waals surface area contributed by atoms with Crippen LogP contribution in [0.3, 0.4) is 0 Å². The molecule has 19 heavy (non-hydrogen) atoms. The monoisotopic (exact) mass is 268 g/mol. The van der Waals surface area contributed by atoms with Gasteiger partial charge < -0.3 is 10.2 Å². The molecule has 0 bridgehead atoms. The van der Waals surface area contributed by atoms with Gasteiger partial charge in [-0.15, -0.1) is 0 Å². The molecule has 3 nitrogen and oxygen atoms in total. The van der Waals surface area contributed by atoms with Gasteiger partial charge in [0.05, 0.1) is 0 Å². The third kappa shape index (κ3) is 5.94. The van der Waals surface area contributed by atoms with Gasteiger partial charge in [0.15, 0.2) is 0 Å². The van der Waals surface area contributed by atoms with Gasteiger partial charge in [0.25, 0.3) is 0 Å². The first-order chi connectivity index (χ1) is 8.90. The SMILES string of the molecule is CC(C)CCC(C)NC1CCN(C(=O)C(C)C)CC1. The van der Waals surface area contributed by atoms with Crippen molar-refractivity contribution in [2.24, 2.45) is 11.8 Å². The second-order valence-electron chi connectivity index (χ2n) is 6.79.